The number of aromatic nitrogens is 1. The predicted octanol–water partition coefficient (Wildman–Crippen LogP) is 4.15. The molecule has 2 aromatic carbocycles. The minimum atomic E-state index is -3.91. The minimum Gasteiger partial charge on any atom is -0.360 e. The van der Waals surface area contributed by atoms with Crippen LogP contribution >= 0.6 is 0 Å². The number of hydrogen-bond acceptors (Lipinski definition) is 4. The van der Waals surface area contributed by atoms with Crippen LogP contribution in [0.1, 0.15) is 49.5 Å². The predicted molar refractivity (Wildman–Crippen MR) is 128 cm³/mol. The van der Waals surface area contributed by atoms with Crippen molar-refractivity contribution in [2.24, 2.45) is 0 Å². The Bertz CT molecular complexity index is 1260. The first-order valence-electron chi connectivity index (χ1n) is 10.9. The van der Waals surface area contributed by atoms with Crippen molar-refractivity contribution < 1.29 is 13.2 Å². The molecule has 0 atom stereocenters. The molecule has 3 rings (SSSR count). The molecule has 0 spiro atoms. The van der Waals surface area contributed by atoms with Gasteiger partial charge in [-0.1, -0.05) is 32.9 Å². The first-order chi connectivity index (χ1) is 15.3. The number of pyridine rings is 1. The molecule has 0 saturated carbocycles. The fraction of sp³-hybridized carbons (Fsp3) is 0.333. The molecule has 32 heavy (non-hydrogen) atoms. The summed E-state index contributed by atoms with van der Waals surface area (Å²) in [5.74, 6) is -0.348. The number of sulfonamides is 1. The fourth-order valence-electron chi connectivity index (χ4n) is 3.57. The zero-order chi connectivity index (χ0) is 23.3. The van der Waals surface area contributed by atoms with Crippen LogP contribution in [0.25, 0.3) is 10.9 Å². The lowest BCUT2D eigenvalue weighted by molar-refractivity contribution is 0.0754. The van der Waals surface area contributed by atoms with E-state index in [1.165, 1.54) is 24.4 Å². The van der Waals surface area contributed by atoms with E-state index in [0.29, 0.717) is 24.3 Å². The van der Waals surface area contributed by atoms with Crippen molar-refractivity contribution in [2.45, 2.75) is 44.9 Å². The number of aromatic amines is 1. The van der Waals surface area contributed by atoms with Crippen LogP contribution in [0.2, 0.25) is 0 Å². The summed E-state index contributed by atoms with van der Waals surface area (Å²) in [6.45, 7) is 7.08. The molecule has 0 aliphatic carbocycles. The van der Waals surface area contributed by atoms with Gasteiger partial charge in [0, 0.05) is 35.9 Å². The summed E-state index contributed by atoms with van der Waals surface area (Å²) in [4.78, 5) is 30.6. The van der Waals surface area contributed by atoms with Gasteiger partial charge < -0.3 is 9.88 Å². The molecule has 1 amide bonds. The van der Waals surface area contributed by atoms with Crippen LogP contribution in [-0.2, 0) is 16.4 Å². The average Bonchev–Trinajstić information content (AvgIpc) is 2.79. The molecule has 0 unspecified atom stereocenters. The normalized spacial score (nSPS) is 11.5. The Morgan fingerprint density at radius 3 is 2.25 bits per heavy atom. The molecule has 3 aromatic rings. The van der Waals surface area contributed by atoms with Crippen LogP contribution < -0.4 is 10.2 Å². The van der Waals surface area contributed by atoms with Crippen molar-refractivity contribution in [3.05, 3.63) is 70.0 Å². The van der Waals surface area contributed by atoms with Gasteiger partial charge in [0.05, 0.1) is 4.90 Å². The Hall–Kier alpha value is -3.13. The molecular formula is C24H29N3O4S. The molecule has 0 radical (unpaired) electrons. The highest BCUT2D eigenvalue weighted by atomic mass is 32.2. The maximum absolute atomic E-state index is 13.1. The maximum atomic E-state index is 13.1. The van der Waals surface area contributed by atoms with E-state index in [4.69, 9.17) is 0 Å². The number of aryl methyl sites for hydroxylation is 1. The van der Waals surface area contributed by atoms with E-state index in [2.05, 4.69) is 9.71 Å². The summed E-state index contributed by atoms with van der Waals surface area (Å²) >= 11 is 0. The Morgan fingerprint density at radius 1 is 1.00 bits per heavy atom. The van der Waals surface area contributed by atoms with Gasteiger partial charge in [-0.15, -0.1) is 0 Å². The van der Waals surface area contributed by atoms with E-state index in [-0.39, 0.29) is 21.8 Å². The molecular weight excluding hydrogens is 426 g/mol. The second-order valence-corrected chi connectivity index (χ2v) is 9.37. The SMILES string of the molecule is CCCN(CCC)C(=O)c1c[nH]c2ccc(S(=O)(=O)Nc3ccc(CC)cc3)cc2c1=O. The van der Waals surface area contributed by atoms with E-state index in [1.54, 1.807) is 17.0 Å². The summed E-state index contributed by atoms with van der Waals surface area (Å²) in [7, 11) is -3.91. The van der Waals surface area contributed by atoms with Gasteiger partial charge >= 0.3 is 0 Å². The van der Waals surface area contributed by atoms with E-state index in [9.17, 15) is 18.0 Å². The Morgan fingerprint density at radius 2 is 1.66 bits per heavy atom. The van der Waals surface area contributed by atoms with E-state index in [0.717, 1.165) is 24.8 Å². The number of rotatable bonds is 9. The van der Waals surface area contributed by atoms with Gasteiger partial charge in [-0.25, -0.2) is 8.42 Å². The van der Waals surface area contributed by atoms with Crippen molar-refractivity contribution in [1.82, 2.24) is 9.88 Å². The number of fused-ring (bicyclic) bond motifs is 1. The van der Waals surface area contributed by atoms with Crippen LogP contribution in [0, 0.1) is 0 Å². The van der Waals surface area contributed by atoms with Crippen LogP contribution in [0.3, 0.4) is 0 Å². The Kier molecular flexibility index (Phi) is 7.35. The second-order valence-electron chi connectivity index (χ2n) is 7.69. The lowest BCUT2D eigenvalue weighted by Crippen LogP contribution is -2.35. The largest absolute Gasteiger partial charge is 0.360 e. The Balaban J connectivity index is 1.98. The van der Waals surface area contributed by atoms with Gasteiger partial charge in [-0.2, -0.15) is 0 Å². The highest BCUT2D eigenvalue weighted by molar-refractivity contribution is 7.92. The van der Waals surface area contributed by atoms with Crippen molar-refractivity contribution in [3.8, 4) is 0 Å². The summed E-state index contributed by atoms with van der Waals surface area (Å²) in [6.07, 6.45) is 3.83. The first-order valence-corrected chi connectivity index (χ1v) is 12.4. The zero-order valence-electron chi connectivity index (χ0n) is 18.6. The van der Waals surface area contributed by atoms with Crippen molar-refractivity contribution in [1.29, 1.82) is 0 Å². The molecule has 1 heterocycles. The average molecular weight is 456 g/mol. The second kappa shape index (κ2) is 9.99. The van der Waals surface area contributed by atoms with Crippen molar-refractivity contribution in [2.75, 3.05) is 17.8 Å². The first kappa shape index (κ1) is 23.5. The molecule has 0 fully saturated rings. The number of carbonyl (C=O) groups is 1. The number of H-pyrrole nitrogens is 1. The van der Waals surface area contributed by atoms with Crippen LogP contribution in [0.5, 0.6) is 0 Å². The molecule has 8 heteroatoms. The maximum Gasteiger partial charge on any atom is 0.261 e. The monoisotopic (exact) mass is 455 g/mol. The lowest BCUT2D eigenvalue weighted by atomic mass is 10.1. The third-order valence-electron chi connectivity index (χ3n) is 5.28. The Labute approximate surface area is 188 Å². The fourth-order valence-corrected chi connectivity index (χ4v) is 4.66. The molecule has 2 N–H and O–H groups in total. The zero-order valence-corrected chi connectivity index (χ0v) is 19.5. The number of benzene rings is 2. The van der Waals surface area contributed by atoms with Gasteiger partial charge in [-0.3, -0.25) is 14.3 Å². The van der Waals surface area contributed by atoms with Crippen LogP contribution in [0.4, 0.5) is 5.69 Å². The van der Waals surface area contributed by atoms with Crippen molar-refractivity contribution >= 4 is 32.5 Å². The summed E-state index contributed by atoms with van der Waals surface area (Å²) in [6, 6.07) is 11.4. The third-order valence-corrected chi connectivity index (χ3v) is 6.66. The lowest BCUT2D eigenvalue weighted by Gasteiger charge is -2.21. The molecule has 1 aromatic heterocycles. The number of amides is 1. The van der Waals surface area contributed by atoms with Gasteiger partial charge in [0.2, 0.25) is 5.43 Å². The number of nitrogens with one attached hydrogen (secondary N) is 2. The number of hydrogen-bond donors (Lipinski definition) is 2. The molecule has 0 saturated heterocycles. The molecule has 170 valence electrons. The van der Waals surface area contributed by atoms with Crippen molar-refractivity contribution in [3.63, 3.8) is 0 Å². The molecule has 0 aliphatic heterocycles. The number of carbonyl (C=O) groups excluding carboxylic acids is 1. The number of nitrogens with zero attached hydrogens (tertiary/aromatic N) is 1. The standard InChI is InChI=1S/C24H29N3O4S/c1-4-13-27(14-5-2)24(29)21-16-25-22-12-11-19(15-20(22)23(21)28)32(30,31)26-18-9-7-17(6-3)8-10-18/h7-12,15-16,26H,4-6,13-14H2,1-3H3,(H,25,28). The van der Waals surface area contributed by atoms with Gasteiger partial charge in [0.25, 0.3) is 15.9 Å². The third kappa shape index (κ3) is 5.02. The van der Waals surface area contributed by atoms with E-state index >= 15 is 0 Å². The van der Waals surface area contributed by atoms with Gasteiger partial charge in [-0.05, 0) is 55.2 Å². The molecule has 7 nitrogen and oxygen atoms in total. The van der Waals surface area contributed by atoms with Gasteiger partial charge in [0.1, 0.15) is 5.56 Å². The summed E-state index contributed by atoms with van der Waals surface area (Å²) < 4.78 is 28.4. The summed E-state index contributed by atoms with van der Waals surface area (Å²) in [5, 5.41) is 0.160. The van der Waals surface area contributed by atoms with E-state index < -0.39 is 15.5 Å². The molecule has 0 aliphatic rings. The summed E-state index contributed by atoms with van der Waals surface area (Å²) in [5.41, 5.74) is 1.54. The van der Waals surface area contributed by atoms with Crippen LogP contribution in [0.15, 0.2) is 58.4 Å². The molecule has 0 bridgehead atoms. The highest BCUT2D eigenvalue weighted by Crippen LogP contribution is 2.20. The van der Waals surface area contributed by atoms with Gasteiger partial charge in [0.15, 0.2) is 0 Å². The highest BCUT2D eigenvalue weighted by Gasteiger charge is 2.21. The smallest absolute Gasteiger partial charge is 0.261 e. The quantitative estimate of drug-likeness (QED) is 0.506. The van der Waals surface area contributed by atoms with E-state index in [1.807, 2.05) is 32.9 Å². The number of anilines is 1. The minimum absolute atomic E-state index is 0.0112. The topological polar surface area (TPSA) is 99.3 Å². The van der Waals surface area contributed by atoms with Crippen LogP contribution in [-0.4, -0.2) is 37.3 Å².